The summed E-state index contributed by atoms with van der Waals surface area (Å²) in [6, 6.07) is 60.7. The van der Waals surface area contributed by atoms with Crippen molar-refractivity contribution in [2.45, 2.75) is 12.3 Å². The largest absolute Gasteiger partial charge is 0.461 e. The van der Waals surface area contributed by atoms with Gasteiger partial charge in [0.05, 0.1) is 0 Å². The van der Waals surface area contributed by atoms with Crippen LogP contribution in [0.2, 0.25) is 0 Å². The summed E-state index contributed by atoms with van der Waals surface area (Å²) in [5.41, 5.74) is 8.98. The molecular weight excluding hydrogens is 673 g/mol. The lowest BCUT2D eigenvalue weighted by Crippen LogP contribution is -2.04. The summed E-state index contributed by atoms with van der Waals surface area (Å²) in [5.74, 6) is 2.26. The van der Waals surface area contributed by atoms with Gasteiger partial charge < -0.3 is 4.74 Å². The molecule has 252 valence electrons. The first kappa shape index (κ1) is 30.0. The highest BCUT2D eigenvalue weighted by Gasteiger charge is 2.33. The van der Waals surface area contributed by atoms with Gasteiger partial charge in [0.2, 0.25) is 0 Å². The summed E-state index contributed by atoms with van der Waals surface area (Å²) >= 11 is 1.87. The van der Waals surface area contributed by atoms with Gasteiger partial charge in [-0.3, -0.25) is 0 Å². The average Bonchev–Trinajstić information content (AvgIpc) is 3.77. The van der Waals surface area contributed by atoms with E-state index in [0.29, 0.717) is 0 Å². The van der Waals surface area contributed by atoms with Crippen molar-refractivity contribution in [1.82, 2.24) is 0 Å². The molecule has 1 aliphatic heterocycles. The van der Waals surface area contributed by atoms with Crippen molar-refractivity contribution in [3.63, 3.8) is 0 Å². The molecule has 12 rings (SSSR count). The molecule has 0 N–H and O–H groups in total. The molecule has 9 aromatic carbocycles. The van der Waals surface area contributed by atoms with Crippen LogP contribution in [-0.4, -0.2) is 0 Å². The van der Waals surface area contributed by atoms with E-state index in [-0.39, 0.29) is 5.92 Å². The number of hydrogen-bond donors (Lipinski definition) is 0. The number of rotatable bonds is 3. The summed E-state index contributed by atoms with van der Waals surface area (Å²) in [4.78, 5) is 0. The maximum absolute atomic E-state index is 6.52. The van der Waals surface area contributed by atoms with Crippen molar-refractivity contribution in [2.75, 3.05) is 0 Å². The van der Waals surface area contributed by atoms with E-state index in [1.54, 1.807) is 0 Å². The molecular formula is C52H32OS. The highest BCUT2D eigenvalue weighted by molar-refractivity contribution is 7.25. The standard InChI is InChI=1S/C52H32OS/c1-2-12-37-32(10-1)11-9-18-39(37)52-42-16-5-3-14-40(42)51(41-15-4-6-17-43(41)52)33-22-20-31(21-23-33)34-24-25-47-44(26-34)45-27-35-28-46-38-13-7-8-19-49(38)54-50(46)30-36(35)29-48(45)53-47/h1-25,27-30,44H,26H2. The van der Waals surface area contributed by atoms with Gasteiger partial charge in [-0.05, 0) is 119 Å². The topological polar surface area (TPSA) is 9.23 Å². The minimum absolute atomic E-state index is 0.216. The monoisotopic (exact) mass is 704 g/mol. The molecule has 2 aliphatic rings. The molecule has 2 heterocycles. The predicted molar refractivity (Wildman–Crippen MR) is 231 cm³/mol. The minimum atomic E-state index is 0.216. The Morgan fingerprint density at radius 1 is 0.444 bits per heavy atom. The Bertz CT molecular complexity index is 3210. The van der Waals surface area contributed by atoms with Crippen LogP contribution in [0, 0.1) is 0 Å². The van der Waals surface area contributed by atoms with Crippen LogP contribution in [0.3, 0.4) is 0 Å². The van der Waals surface area contributed by atoms with Gasteiger partial charge in [0.25, 0.3) is 0 Å². The fraction of sp³-hybridized carbons (Fsp3) is 0.0385. The highest BCUT2D eigenvalue weighted by Crippen LogP contribution is 2.50. The molecule has 0 spiro atoms. The zero-order chi connectivity index (χ0) is 35.3. The summed E-state index contributed by atoms with van der Waals surface area (Å²) in [5, 5.41) is 12.8. The molecule has 10 aromatic rings. The van der Waals surface area contributed by atoms with Crippen LogP contribution < -0.4 is 4.74 Å². The fourth-order valence-electron chi connectivity index (χ4n) is 9.30. The molecule has 0 amide bonds. The molecule has 1 atom stereocenters. The van der Waals surface area contributed by atoms with E-state index in [4.69, 9.17) is 4.74 Å². The van der Waals surface area contributed by atoms with Crippen LogP contribution in [0.5, 0.6) is 5.75 Å². The van der Waals surface area contributed by atoms with E-state index in [1.165, 1.54) is 102 Å². The van der Waals surface area contributed by atoms with Gasteiger partial charge in [0.15, 0.2) is 0 Å². The zero-order valence-electron chi connectivity index (χ0n) is 29.3. The van der Waals surface area contributed by atoms with Crippen molar-refractivity contribution < 1.29 is 4.74 Å². The van der Waals surface area contributed by atoms with Crippen molar-refractivity contribution in [3.05, 3.63) is 193 Å². The van der Waals surface area contributed by atoms with Crippen molar-refractivity contribution >= 4 is 80.2 Å². The van der Waals surface area contributed by atoms with Crippen LogP contribution in [0.1, 0.15) is 23.5 Å². The number of thiophene rings is 1. The SMILES string of the molecule is C1=C(c2ccc(-c3c4ccccc4c(-c4cccc5ccccc45)c4ccccc34)cc2)CC2C(=C1)Oc1cc3cc4sc5ccccc5c4cc3cc12. The lowest BCUT2D eigenvalue weighted by molar-refractivity contribution is 0.427. The molecule has 1 aliphatic carbocycles. The Labute approximate surface area is 316 Å². The second-order valence-corrected chi connectivity index (χ2v) is 15.8. The smallest absolute Gasteiger partial charge is 0.131 e. The Hall–Kier alpha value is -6.48. The van der Waals surface area contributed by atoms with E-state index in [9.17, 15) is 0 Å². The third-order valence-corrected chi connectivity index (χ3v) is 13.0. The predicted octanol–water partition coefficient (Wildman–Crippen LogP) is 14.8. The average molecular weight is 705 g/mol. The number of fused-ring (bicyclic) bond motifs is 10. The zero-order valence-corrected chi connectivity index (χ0v) is 30.2. The molecule has 0 saturated carbocycles. The molecule has 0 saturated heterocycles. The lowest BCUT2D eigenvalue weighted by Gasteiger charge is -2.20. The Balaban J connectivity index is 0.929. The molecule has 54 heavy (non-hydrogen) atoms. The van der Waals surface area contributed by atoms with Crippen LogP contribution in [-0.2, 0) is 0 Å². The van der Waals surface area contributed by atoms with Gasteiger partial charge in [0.1, 0.15) is 11.5 Å². The van der Waals surface area contributed by atoms with E-state index in [0.717, 1.165) is 17.9 Å². The van der Waals surface area contributed by atoms with Gasteiger partial charge in [-0.25, -0.2) is 0 Å². The summed E-state index contributed by atoms with van der Waals surface area (Å²) < 4.78 is 9.18. The van der Waals surface area contributed by atoms with E-state index < -0.39 is 0 Å². The maximum atomic E-state index is 6.52. The van der Waals surface area contributed by atoms with Gasteiger partial charge >= 0.3 is 0 Å². The molecule has 2 heteroatoms. The van der Waals surface area contributed by atoms with Gasteiger partial charge in [0, 0.05) is 31.7 Å². The first-order chi connectivity index (χ1) is 26.7. The Kier molecular flexibility index (Phi) is 6.40. The van der Waals surface area contributed by atoms with Crippen molar-refractivity contribution in [1.29, 1.82) is 0 Å². The molecule has 0 radical (unpaired) electrons. The minimum Gasteiger partial charge on any atom is -0.461 e. The Morgan fingerprint density at radius 2 is 1.07 bits per heavy atom. The first-order valence-corrected chi connectivity index (χ1v) is 19.6. The van der Waals surface area contributed by atoms with E-state index in [2.05, 4.69) is 176 Å². The normalized spacial score (nSPS) is 15.1. The number of ether oxygens (including phenoxy) is 1. The molecule has 0 fully saturated rings. The third-order valence-electron chi connectivity index (χ3n) is 11.8. The van der Waals surface area contributed by atoms with Gasteiger partial charge in [-0.2, -0.15) is 0 Å². The van der Waals surface area contributed by atoms with Crippen LogP contribution >= 0.6 is 11.3 Å². The van der Waals surface area contributed by atoms with Gasteiger partial charge in [-0.15, -0.1) is 11.3 Å². The number of benzene rings is 9. The lowest BCUT2D eigenvalue weighted by atomic mass is 9.83. The first-order valence-electron chi connectivity index (χ1n) is 18.8. The fourth-order valence-corrected chi connectivity index (χ4v) is 10.4. The highest BCUT2D eigenvalue weighted by atomic mass is 32.1. The second-order valence-electron chi connectivity index (χ2n) is 14.7. The summed E-state index contributed by atoms with van der Waals surface area (Å²) in [7, 11) is 0. The second kappa shape index (κ2) is 11.5. The number of hydrogen-bond acceptors (Lipinski definition) is 2. The quantitative estimate of drug-likeness (QED) is 0.166. The molecule has 0 bridgehead atoms. The Morgan fingerprint density at radius 3 is 1.85 bits per heavy atom. The molecule has 1 aromatic heterocycles. The summed E-state index contributed by atoms with van der Waals surface area (Å²) in [6.45, 7) is 0. The van der Waals surface area contributed by atoms with Crippen molar-refractivity contribution in [3.8, 4) is 28.0 Å². The molecule has 1 nitrogen and oxygen atoms in total. The third kappa shape index (κ3) is 4.44. The number of allylic oxidation sites excluding steroid dienone is 4. The van der Waals surface area contributed by atoms with Crippen LogP contribution in [0.4, 0.5) is 0 Å². The van der Waals surface area contributed by atoms with E-state index in [1.807, 2.05) is 11.3 Å². The van der Waals surface area contributed by atoms with Crippen LogP contribution in [0.25, 0.3) is 91.1 Å². The van der Waals surface area contributed by atoms with Crippen molar-refractivity contribution in [2.24, 2.45) is 0 Å². The van der Waals surface area contributed by atoms with E-state index >= 15 is 0 Å². The van der Waals surface area contributed by atoms with Crippen LogP contribution in [0.15, 0.2) is 182 Å². The maximum Gasteiger partial charge on any atom is 0.131 e. The summed E-state index contributed by atoms with van der Waals surface area (Å²) in [6.07, 6.45) is 5.37. The molecule has 1 unspecified atom stereocenters. The van der Waals surface area contributed by atoms with Gasteiger partial charge in [-0.1, -0.05) is 140 Å².